The van der Waals surface area contributed by atoms with E-state index in [1.165, 1.54) is 0 Å². The summed E-state index contributed by atoms with van der Waals surface area (Å²) in [6, 6.07) is 2.32. The highest BCUT2D eigenvalue weighted by Crippen LogP contribution is 2.16. The van der Waals surface area contributed by atoms with E-state index in [1.807, 2.05) is 13.0 Å². The number of furan rings is 1. The van der Waals surface area contributed by atoms with Crippen LogP contribution in [0.3, 0.4) is 0 Å². The fourth-order valence-corrected chi connectivity index (χ4v) is 3.48. The second-order valence-corrected chi connectivity index (χ2v) is 7.24. The first kappa shape index (κ1) is 14.6. The molecule has 1 aromatic heterocycles. The number of sulfonamides is 1. The van der Waals surface area contributed by atoms with Crippen molar-refractivity contribution in [3.63, 3.8) is 0 Å². The number of rotatable bonds is 5. The van der Waals surface area contributed by atoms with E-state index < -0.39 is 10.0 Å². The van der Waals surface area contributed by atoms with E-state index in [0.29, 0.717) is 25.7 Å². The van der Waals surface area contributed by atoms with E-state index in [4.69, 9.17) is 4.42 Å². The van der Waals surface area contributed by atoms with Crippen LogP contribution in [0.1, 0.15) is 31.1 Å². The van der Waals surface area contributed by atoms with Gasteiger partial charge in [0.1, 0.15) is 5.76 Å². The fraction of sp³-hybridized carbons (Fsp3) is 0.692. The Hall–Kier alpha value is -0.850. The minimum atomic E-state index is -3.02. The predicted molar refractivity (Wildman–Crippen MR) is 74.3 cm³/mol. The highest BCUT2D eigenvalue weighted by atomic mass is 32.2. The van der Waals surface area contributed by atoms with Crippen molar-refractivity contribution in [3.8, 4) is 0 Å². The molecule has 0 spiro atoms. The van der Waals surface area contributed by atoms with E-state index >= 15 is 0 Å². The first-order valence-electron chi connectivity index (χ1n) is 6.77. The van der Waals surface area contributed by atoms with Crippen molar-refractivity contribution in [2.45, 2.75) is 39.3 Å². The summed E-state index contributed by atoms with van der Waals surface area (Å²) in [4.78, 5) is 0. The summed E-state index contributed by atoms with van der Waals surface area (Å²) in [6.45, 7) is 5.66. The molecule has 5 nitrogen and oxygen atoms in total. The van der Waals surface area contributed by atoms with Crippen molar-refractivity contribution < 1.29 is 12.8 Å². The van der Waals surface area contributed by atoms with Crippen LogP contribution in [0.15, 0.2) is 16.7 Å². The molecule has 0 amide bonds. The Morgan fingerprint density at radius 2 is 2.11 bits per heavy atom. The van der Waals surface area contributed by atoms with Gasteiger partial charge in [0.2, 0.25) is 10.0 Å². The van der Waals surface area contributed by atoms with E-state index in [2.05, 4.69) is 5.32 Å². The Morgan fingerprint density at radius 3 is 2.63 bits per heavy atom. The van der Waals surface area contributed by atoms with Crippen LogP contribution in [-0.4, -0.2) is 37.6 Å². The summed E-state index contributed by atoms with van der Waals surface area (Å²) < 4.78 is 30.5. The summed E-state index contributed by atoms with van der Waals surface area (Å²) in [5.41, 5.74) is 1.15. The lowest BCUT2D eigenvalue weighted by Gasteiger charge is -2.31. The highest BCUT2D eigenvalue weighted by Gasteiger charge is 2.26. The Balaban J connectivity index is 1.80. The van der Waals surface area contributed by atoms with Gasteiger partial charge in [0.05, 0.1) is 18.6 Å². The quantitative estimate of drug-likeness (QED) is 0.891. The van der Waals surface area contributed by atoms with Crippen molar-refractivity contribution in [3.05, 3.63) is 23.7 Å². The van der Waals surface area contributed by atoms with Crippen molar-refractivity contribution in [2.75, 3.05) is 18.8 Å². The third kappa shape index (κ3) is 3.58. The number of nitrogens with one attached hydrogen (secondary N) is 1. The highest BCUT2D eigenvalue weighted by molar-refractivity contribution is 7.89. The predicted octanol–water partition coefficient (Wildman–Crippen LogP) is 1.49. The molecule has 2 rings (SSSR count). The lowest BCUT2D eigenvalue weighted by atomic mass is 10.1. The lowest BCUT2D eigenvalue weighted by molar-refractivity contribution is 0.284. The van der Waals surface area contributed by atoms with Crippen LogP contribution in [0.4, 0.5) is 0 Å². The molecule has 0 bridgehead atoms. The number of hydrogen-bond acceptors (Lipinski definition) is 4. The summed E-state index contributed by atoms with van der Waals surface area (Å²) in [5.74, 6) is 1.15. The normalized spacial score (nSPS) is 18.8. The summed E-state index contributed by atoms with van der Waals surface area (Å²) >= 11 is 0. The van der Waals surface area contributed by atoms with Gasteiger partial charge in [-0.1, -0.05) is 0 Å². The van der Waals surface area contributed by atoms with Gasteiger partial charge in [-0.25, -0.2) is 12.7 Å². The molecule has 1 N–H and O–H groups in total. The van der Waals surface area contributed by atoms with E-state index in [0.717, 1.165) is 24.2 Å². The first-order chi connectivity index (χ1) is 9.03. The Labute approximate surface area is 115 Å². The average Bonchev–Trinajstić information content (AvgIpc) is 2.82. The molecule has 0 saturated carbocycles. The average molecular weight is 286 g/mol. The monoisotopic (exact) mass is 286 g/mol. The molecule has 0 radical (unpaired) electrons. The zero-order valence-electron chi connectivity index (χ0n) is 11.6. The zero-order chi connectivity index (χ0) is 13.9. The van der Waals surface area contributed by atoms with Gasteiger partial charge in [0.15, 0.2) is 0 Å². The summed E-state index contributed by atoms with van der Waals surface area (Å²) in [5, 5.41) is 3.44. The maximum Gasteiger partial charge on any atom is 0.213 e. The number of piperidine rings is 1. The maximum absolute atomic E-state index is 11.7. The van der Waals surface area contributed by atoms with Gasteiger partial charge in [0, 0.05) is 19.1 Å². The van der Waals surface area contributed by atoms with Gasteiger partial charge in [-0.2, -0.15) is 0 Å². The molecular formula is C13H22N2O3S. The number of nitrogens with zero attached hydrogens (tertiary/aromatic N) is 1. The standard InChI is InChI=1S/C13H22N2O3S/c1-3-19(16,17)15-7-4-12(5-8-15)14-10-13-11(2)6-9-18-13/h6,9,12,14H,3-5,7-8,10H2,1-2H3. The van der Waals surface area contributed by atoms with Gasteiger partial charge in [-0.3, -0.25) is 0 Å². The van der Waals surface area contributed by atoms with Crippen LogP contribution >= 0.6 is 0 Å². The number of hydrogen-bond donors (Lipinski definition) is 1. The van der Waals surface area contributed by atoms with Gasteiger partial charge in [-0.15, -0.1) is 0 Å². The van der Waals surface area contributed by atoms with Crippen LogP contribution in [0.2, 0.25) is 0 Å². The fourth-order valence-electron chi connectivity index (χ4n) is 2.34. The molecule has 1 saturated heterocycles. The van der Waals surface area contributed by atoms with Crippen LogP contribution in [0, 0.1) is 6.92 Å². The summed E-state index contributed by atoms with van der Waals surface area (Å²) in [6.07, 6.45) is 3.42. The molecule has 0 aromatic carbocycles. The van der Waals surface area contributed by atoms with E-state index in [-0.39, 0.29) is 5.75 Å². The second-order valence-electron chi connectivity index (χ2n) is 4.98. The molecular weight excluding hydrogens is 264 g/mol. The van der Waals surface area contributed by atoms with Gasteiger partial charge in [-0.05, 0) is 38.3 Å². The van der Waals surface area contributed by atoms with Crippen LogP contribution in [0.25, 0.3) is 0 Å². The second kappa shape index (κ2) is 6.07. The van der Waals surface area contributed by atoms with Gasteiger partial charge in [0.25, 0.3) is 0 Å². The summed E-state index contributed by atoms with van der Waals surface area (Å²) in [7, 11) is -3.02. The first-order valence-corrected chi connectivity index (χ1v) is 8.38. The Kier molecular flexibility index (Phi) is 4.65. The third-order valence-corrected chi connectivity index (χ3v) is 5.61. The lowest BCUT2D eigenvalue weighted by Crippen LogP contribution is -2.45. The van der Waals surface area contributed by atoms with E-state index in [9.17, 15) is 8.42 Å². The van der Waals surface area contributed by atoms with Crippen LogP contribution in [-0.2, 0) is 16.6 Å². The molecule has 0 unspecified atom stereocenters. The zero-order valence-corrected chi connectivity index (χ0v) is 12.4. The minimum absolute atomic E-state index is 0.191. The van der Waals surface area contributed by atoms with Crippen LogP contribution in [0.5, 0.6) is 0 Å². The largest absolute Gasteiger partial charge is 0.468 e. The van der Waals surface area contributed by atoms with E-state index in [1.54, 1.807) is 17.5 Å². The Morgan fingerprint density at radius 1 is 1.42 bits per heavy atom. The third-order valence-electron chi connectivity index (χ3n) is 3.73. The Bertz CT molecular complexity index is 502. The molecule has 1 fully saturated rings. The minimum Gasteiger partial charge on any atom is -0.468 e. The SMILES string of the molecule is CCS(=O)(=O)N1CCC(NCc2occc2C)CC1. The topological polar surface area (TPSA) is 62.6 Å². The maximum atomic E-state index is 11.7. The molecule has 19 heavy (non-hydrogen) atoms. The number of aryl methyl sites for hydroxylation is 1. The van der Waals surface area contributed by atoms with Crippen molar-refractivity contribution in [1.82, 2.24) is 9.62 Å². The molecule has 1 aromatic rings. The van der Waals surface area contributed by atoms with Crippen molar-refractivity contribution in [1.29, 1.82) is 0 Å². The van der Waals surface area contributed by atoms with Gasteiger partial charge >= 0.3 is 0 Å². The van der Waals surface area contributed by atoms with Gasteiger partial charge < -0.3 is 9.73 Å². The smallest absolute Gasteiger partial charge is 0.213 e. The van der Waals surface area contributed by atoms with Crippen molar-refractivity contribution in [2.24, 2.45) is 0 Å². The molecule has 108 valence electrons. The molecule has 2 heterocycles. The molecule has 0 aliphatic carbocycles. The molecule has 1 aliphatic heterocycles. The molecule has 1 aliphatic rings. The van der Waals surface area contributed by atoms with Crippen molar-refractivity contribution >= 4 is 10.0 Å². The molecule has 0 atom stereocenters. The molecule has 6 heteroatoms. The van der Waals surface area contributed by atoms with Crippen LogP contribution < -0.4 is 5.32 Å².